The average Bonchev–Trinajstić information content (AvgIpc) is 2.87. The smallest absolute Gasteiger partial charge is 0.228 e. The molecule has 4 heteroatoms. The third kappa shape index (κ3) is 2.63. The van der Waals surface area contributed by atoms with Crippen LogP contribution in [-0.2, 0) is 4.79 Å². The molecule has 4 rings (SSSR count). The monoisotopic (exact) mass is 335 g/mol. The van der Waals surface area contributed by atoms with Gasteiger partial charge >= 0.3 is 0 Å². The molecule has 2 aliphatic rings. The number of hydrogen-bond donors (Lipinski definition) is 1. The number of anilines is 1. The van der Waals surface area contributed by atoms with Crippen molar-refractivity contribution in [2.24, 2.45) is 11.3 Å². The Balaban J connectivity index is 1.68. The van der Waals surface area contributed by atoms with Gasteiger partial charge in [-0.3, -0.25) is 4.79 Å². The normalized spacial score (nSPS) is 20.4. The summed E-state index contributed by atoms with van der Waals surface area (Å²) in [5.41, 5.74) is 1.87. The summed E-state index contributed by atoms with van der Waals surface area (Å²) < 4.78 is 2.25. The van der Waals surface area contributed by atoms with Gasteiger partial charge in [0.2, 0.25) is 5.91 Å². The summed E-state index contributed by atoms with van der Waals surface area (Å²) in [4.78, 5) is 16.4. The van der Waals surface area contributed by atoms with E-state index in [9.17, 15) is 4.79 Å². The maximum absolute atomic E-state index is 12.9. The van der Waals surface area contributed by atoms with Crippen molar-refractivity contribution < 1.29 is 4.79 Å². The molecule has 0 saturated heterocycles. The van der Waals surface area contributed by atoms with E-state index < -0.39 is 0 Å². The Morgan fingerprint density at radius 3 is 2.64 bits per heavy atom. The second kappa shape index (κ2) is 5.91. The van der Waals surface area contributed by atoms with E-state index in [-0.39, 0.29) is 17.2 Å². The first kappa shape index (κ1) is 16.2. The van der Waals surface area contributed by atoms with Gasteiger partial charge in [-0.05, 0) is 55.0 Å². The first-order valence-corrected chi connectivity index (χ1v) is 9.35. The highest BCUT2D eigenvalue weighted by atomic mass is 16.2. The van der Waals surface area contributed by atoms with Gasteiger partial charge < -0.3 is 9.88 Å². The number of carbonyl (C=O) groups is 1. The Kier molecular flexibility index (Phi) is 3.83. The van der Waals surface area contributed by atoms with E-state index in [0.717, 1.165) is 42.4 Å². The summed E-state index contributed by atoms with van der Waals surface area (Å²) in [6.45, 7) is 11.6. The highest BCUT2D eigenvalue weighted by Crippen LogP contribution is 2.47. The minimum Gasteiger partial charge on any atom is -0.325 e. The zero-order valence-corrected chi connectivity index (χ0v) is 15.0. The standard InChI is InChI=1S/C21H25N3O/c1-14(21(2)10-5-11-21)20(25)23-19-12-15-8-9-16(22-3)13-18(15)24(19)17-6-4-7-17/h8-9,12-14,17H,4-7,10-11H2,1-2H3,(H,23,25)/t14-/m1/s1. The number of nitrogens with zero attached hydrogens (tertiary/aromatic N) is 2. The number of benzene rings is 1. The molecule has 2 aliphatic carbocycles. The number of amides is 1. The van der Waals surface area contributed by atoms with Crippen molar-refractivity contribution >= 4 is 28.3 Å². The van der Waals surface area contributed by atoms with Crippen LogP contribution < -0.4 is 5.32 Å². The maximum atomic E-state index is 12.9. The molecule has 25 heavy (non-hydrogen) atoms. The zero-order valence-electron chi connectivity index (χ0n) is 15.0. The molecule has 2 fully saturated rings. The molecule has 2 saturated carbocycles. The lowest BCUT2D eigenvalue weighted by Crippen LogP contribution is -2.40. The predicted octanol–water partition coefficient (Wildman–Crippen LogP) is 5.68. The molecule has 0 spiro atoms. The quantitative estimate of drug-likeness (QED) is 0.717. The zero-order chi connectivity index (χ0) is 17.6. The molecule has 1 heterocycles. The molecule has 1 atom stereocenters. The third-order valence-corrected chi connectivity index (χ3v) is 6.58. The number of hydrogen-bond acceptors (Lipinski definition) is 1. The first-order chi connectivity index (χ1) is 12.0. The minimum atomic E-state index is 0.0212. The van der Waals surface area contributed by atoms with Crippen LogP contribution in [0.25, 0.3) is 15.7 Å². The average molecular weight is 335 g/mol. The Morgan fingerprint density at radius 2 is 2.08 bits per heavy atom. The molecule has 4 nitrogen and oxygen atoms in total. The number of carbonyl (C=O) groups excluding carboxylic acids is 1. The van der Waals surface area contributed by atoms with Gasteiger partial charge in [-0.2, -0.15) is 0 Å². The van der Waals surface area contributed by atoms with Crippen LogP contribution in [-0.4, -0.2) is 10.5 Å². The Morgan fingerprint density at radius 1 is 1.32 bits per heavy atom. The fraction of sp³-hybridized carbons (Fsp3) is 0.524. The van der Waals surface area contributed by atoms with E-state index in [1.165, 1.54) is 12.8 Å². The van der Waals surface area contributed by atoms with Crippen LogP contribution in [0.4, 0.5) is 11.5 Å². The summed E-state index contributed by atoms with van der Waals surface area (Å²) in [5.74, 6) is 1.03. The molecule has 1 N–H and O–H groups in total. The molecular formula is C21H25N3O. The SMILES string of the molecule is [C-]#[N+]c1ccc2cc(NC(=O)[C@@H](C)C3(C)CCC3)n(C3CCC3)c2c1. The van der Waals surface area contributed by atoms with Crippen molar-refractivity contribution in [2.75, 3.05) is 5.32 Å². The summed E-state index contributed by atoms with van der Waals surface area (Å²) in [5, 5.41) is 4.30. The van der Waals surface area contributed by atoms with Crippen LogP contribution >= 0.6 is 0 Å². The van der Waals surface area contributed by atoms with Crippen molar-refractivity contribution in [1.29, 1.82) is 0 Å². The van der Waals surface area contributed by atoms with Crippen LogP contribution in [0.3, 0.4) is 0 Å². The van der Waals surface area contributed by atoms with Crippen LogP contribution in [0.15, 0.2) is 24.3 Å². The summed E-state index contributed by atoms with van der Waals surface area (Å²) in [7, 11) is 0. The fourth-order valence-electron chi connectivity index (χ4n) is 4.13. The molecule has 1 amide bonds. The molecular weight excluding hydrogens is 310 g/mol. The largest absolute Gasteiger partial charge is 0.325 e. The maximum Gasteiger partial charge on any atom is 0.228 e. The first-order valence-electron chi connectivity index (χ1n) is 9.35. The Bertz CT molecular complexity index is 865. The van der Waals surface area contributed by atoms with Crippen molar-refractivity contribution in [3.63, 3.8) is 0 Å². The van der Waals surface area contributed by atoms with Gasteiger partial charge in [0.1, 0.15) is 5.82 Å². The lowest BCUT2D eigenvalue weighted by atomic mass is 9.63. The van der Waals surface area contributed by atoms with Gasteiger partial charge in [0.25, 0.3) is 0 Å². The summed E-state index contributed by atoms with van der Waals surface area (Å²) in [6.07, 6.45) is 7.03. The fourth-order valence-corrected chi connectivity index (χ4v) is 4.13. The Hall–Kier alpha value is -2.28. The lowest BCUT2D eigenvalue weighted by molar-refractivity contribution is -0.125. The van der Waals surface area contributed by atoms with E-state index >= 15 is 0 Å². The number of fused-ring (bicyclic) bond motifs is 1. The third-order valence-electron chi connectivity index (χ3n) is 6.58. The van der Waals surface area contributed by atoms with Gasteiger partial charge in [0, 0.05) is 17.5 Å². The van der Waals surface area contributed by atoms with E-state index in [1.807, 2.05) is 18.2 Å². The number of rotatable bonds is 4. The van der Waals surface area contributed by atoms with Gasteiger partial charge in [-0.25, -0.2) is 4.85 Å². The number of nitrogens with one attached hydrogen (secondary N) is 1. The number of aromatic nitrogens is 1. The van der Waals surface area contributed by atoms with Gasteiger partial charge in [-0.1, -0.05) is 32.4 Å². The molecule has 1 aromatic carbocycles. The van der Waals surface area contributed by atoms with Gasteiger partial charge in [0.15, 0.2) is 5.69 Å². The van der Waals surface area contributed by atoms with Crippen LogP contribution in [0.5, 0.6) is 0 Å². The van der Waals surface area contributed by atoms with Crippen LogP contribution in [0.2, 0.25) is 0 Å². The second-order valence-electron chi connectivity index (χ2n) is 8.06. The molecule has 0 aliphatic heterocycles. The highest BCUT2D eigenvalue weighted by molar-refractivity contribution is 5.96. The van der Waals surface area contributed by atoms with Crippen LogP contribution in [0, 0.1) is 17.9 Å². The predicted molar refractivity (Wildman–Crippen MR) is 101 cm³/mol. The summed E-state index contributed by atoms with van der Waals surface area (Å²) in [6, 6.07) is 8.29. The van der Waals surface area contributed by atoms with Crippen LogP contribution in [0.1, 0.15) is 58.4 Å². The van der Waals surface area contributed by atoms with Gasteiger partial charge in [0.05, 0.1) is 6.57 Å². The molecule has 0 bridgehead atoms. The van der Waals surface area contributed by atoms with Crippen molar-refractivity contribution in [2.45, 2.75) is 58.4 Å². The van der Waals surface area contributed by atoms with Gasteiger partial charge in [-0.15, -0.1) is 0 Å². The molecule has 0 unspecified atom stereocenters. The van der Waals surface area contributed by atoms with E-state index in [4.69, 9.17) is 6.57 Å². The lowest BCUT2D eigenvalue weighted by Gasteiger charge is -2.42. The topological polar surface area (TPSA) is 38.4 Å². The molecule has 130 valence electrons. The molecule has 0 radical (unpaired) electrons. The van der Waals surface area contributed by atoms with E-state index in [0.29, 0.717) is 11.7 Å². The Labute approximate surface area is 149 Å². The van der Waals surface area contributed by atoms with Crippen molar-refractivity contribution in [3.05, 3.63) is 35.7 Å². The molecule has 1 aromatic heterocycles. The highest BCUT2D eigenvalue weighted by Gasteiger charge is 2.41. The molecule has 2 aromatic rings. The van der Waals surface area contributed by atoms with E-state index in [1.54, 1.807) is 0 Å². The van der Waals surface area contributed by atoms with Crippen molar-refractivity contribution in [3.8, 4) is 0 Å². The van der Waals surface area contributed by atoms with E-state index in [2.05, 4.69) is 34.6 Å². The summed E-state index contributed by atoms with van der Waals surface area (Å²) >= 11 is 0. The van der Waals surface area contributed by atoms with Crippen molar-refractivity contribution in [1.82, 2.24) is 4.57 Å². The minimum absolute atomic E-state index is 0.0212. The second-order valence-corrected chi connectivity index (χ2v) is 8.06.